The molecule has 3 aromatic carbocycles. The maximum atomic E-state index is 13.7. The number of hydrogen-bond donors (Lipinski definition) is 0. The molecule has 0 unspecified atom stereocenters. The number of nitrogens with one attached hydrogen (secondary N) is 1. The predicted octanol–water partition coefficient (Wildman–Crippen LogP) is 7.03. The summed E-state index contributed by atoms with van der Waals surface area (Å²) in [5.74, 6) is 1.48. The van der Waals surface area contributed by atoms with E-state index in [-0.39, 0.29) is 24.5 Å². The van der Waals surface area contributed by atoms with Crippen LogP contribution in [0.5, 0.6) is 17.2 Å². The lowest BCUT2D eigenvalue weighted by atomic mass is 9.86. The minimum atomic E-state index is -0.760. The zero-order valence-electron chi connectivity index (χ0n) is 28.6. The summed E-state index contributed by atoms with van der Waals surface area (Å²) >= 11 is 13.0. The number of rotatable bonds is 12. The van der Waals surface area contributed by atoms with Crippen LogP contribution in [-0.4, -0.2) is 69.5 Å². The van der Waals surface area contributed by atoms with Crippen LogP contribution >= 0.6 is 23.2 Å². The third-order valence-corrected chi connectivity index (χ3v) is 10.1. The fourth-order valence-corrected chi connectivity index (χ4v) is 7.07. The number of hydrogen-bond acceptors (Lipinski definition) is 9. The topological polar surface area (TPSA) is 131 Å². The van der Waals surface area contributed by atoms with E-state index in [2.05, 4.69) is 9.88 Å². The summed E-state index contributed by atoms with van der Waals surface area (Å²) in [6, 6.07) is 19.6. The molecule has 7 rings (SSSR count). The van der Waals surface area contributed by atoms with Gasteiger partial charge in [0.1, 0.15) is 28.0 Å². The van der Waals surface area contributed by atoms with Gasteiger partial charge in [-0.15, -0.1) is 0 Å². The van der Waals surface area contributed by atoms with Crippen molar-refractivity contribution in [1.29, 1.82) is 0 Å². The highest BCUT2D eigenvalue weighted by Crippen LogP contribution is 2.36. The van der Waals surface area contributed by atoms with Gasteiger partial charge in [-0.05, 0) is 79.4 Å². The van der Waals surface area contributed by atoms with Crippen LogP contribution in [0.1, 0.15) is 46.0 Å². The smallest absolute Gasteiger partial charge is 0.414 e. The molecule has 1 amide bonds. The average molecular weight is 739 g/mol. The van der Waals surface area contributed by atoms with E-state index < -0.39 is 18.2 Å². The zero-order chi connectivity index (χ0) is 35.2. The Morgan fingerprint density at radius 3 is 2.24 bits per heavy atom. The third kappa shape index (κ3) is 8.85. The van der Waals surface area contributed by atoms with E-state index in [0.717, 1.165) is 38.0 Å². The van der Waals surface area contributed by atoms with Gasteiger partial charge in [-0.1, -0.05) is 47.5 Å². The molecular weight excluding hydrogens is 697 g/mol. The second kappa shape index (κ2) is 17.1. The van der Waals surface area contributed by atoms with Gasteiger partial charge in [0, 0.05) is 24.6 Å². The van der Waals surface area contributed by atoms with Gasteiger partial charge < -0.3 is 29.2 Å². The molecule has 0 aliphatic carbocycles. The fraction of sp³-hybridized carbons (Fsp3) is 0.342. The summed E-state index contributed by atoms with van der Waals surface area (Å²) in [4.78, 5) is 34.2. The maximum Gasteiger partial charge on any atom is 0.414 e. The number of aromatic nitrogens is 1. The predicted molar refractivity (Wildman–Crippen MR) is 191 cm³/mol. The summed E-state index contributed by atoms with van der Waals surface area (Å²) in [5.41, 5.74) is 3.07. The lowest BCUT2D eigenvalue weighted by molar-refractivity contribution is -0.377. The van der Waals surface area contributed by atoms with E-state index >= 15 is 0 Å². The molecule has 0 saturated carbocycles. The van der Waals surface area contributed by atoms with Crippen LogP contribution in [0.4, 0.5) is 10.5 Å². The highest BCUT2D eigenvalue weighted by atomic mass is 35.5. The van der Waals surface area contributed by atoms with Gasteiger partial charge in [0.15, 0.2) is 23.9 Å². The molecule has 4 aromatic rings. The standard InChI is InChI=1S/C38H39Cl2N3O7.H2O/c1-46-29-6-4-5-28(18-29)43(38(45)50-36-23-42-15-13-25(36)14-16-42)22-24-7-9-26(10-8-24)37(44)49-34(19-30-31(39)20-41-21-32(30)40)27-11-12-33(47-2)35(17-27)48-3;/h4-12,17-18,20-21,25,34,36H,13-16,19,22-23H2,1-3H3;1H2/t34-,36-;/m0./s1. The number of ether oxygens (including phenoxy) is 5. The largest absolute Gasteiger partial charge is 0.870 e. The molecule has 51 heavy (non-hydrogen) atoms. The SMILES string of the molecule is COc1cccc(N(Cc2ccc(C(=O)O[C@@H](Cc3c(Cl)c[nH+]cc3Cl)c3ccc(OC)c(OC)c3)cc2)C(=O)O[C@H]2CN3CCC2CC3)c1.[OH-]. The molecule has 0 radical (unpaired) electrons. The first-order valence-electron chi connectivity index (χ1n) is 16.5. The molecule has 3 aliphatic rings. The summed E-state index contributed by atoms with van der Waals surface area (Å²) in [7, 11) is 4.68. The maximum absolute atomic E-state index is 13.7. The van der Waals surface area contributed by atoms with Crippen LogP contribution in [0.3, 0.4) is 0 Å². The van der Waals surface area contributed by atoms with Gasteiger partial charge >= 0.3 is 12.1 Å². The average Bonchev–Trinajstić information content (AvgIpc) is 3.15. The number of amides is 1. The van der Waals surface area contributed by atoms with Gasteiger partial charge in [0.25, 0.3) is 0 Å². The van der Waals surface area contributed by atoms with Gasteiger partial charge in [-0.3, -0.25) is 9.80 Å². The summed E-state index contributed by atoms with van der Waals surface area (Å²) in [6.45, 7) is 3.08. The number of halogens is 2. The van der Waals surface area contributed by atoms with Crippen LogP contribution < -0.4 is 24.1 Å². The number of fused-ring (bicyclic) bond motifs is 3. The van der Waals surface area contributed by atoms with E-state index in [1.54, 1.807) is 80.0 Å². The molecule has 11 nitrogen and oxygen atoms in total. The minimum Gasteiger partial charge on any atom is -0.870 e. The molecule has 3 saturated heterocycles. The molecule has 270 valence electrons. The molecular formula is C38H41Cl2N3O8. The van der Waals surface area contributed by atoms with Crippen molar-refractivity contribution in [2.24, 2.45) is 5.92 Å². The van der Waals surface area contributed by atoms with Crippen LogP contribution in [-0.2, 0) is 22.4 Å². The van der Waals surface area contributed by atoms with Gasteiger partial charge in [-0.2, -0.15) is 0 Å². The second-order valence-electron chi connectivity index (χ2n) is 12.4. The first-order chi connectivity index (χ1) is 24.3. The molecule has 2 N–H and O–H groups in total. The summed E-state index contributed by atoms with van der Waals surface area (Å²) in [5, 5.41) is 0.826. The van der Waals surface area contributed by atoms with Crippen molar-refractivity contribution in [3.05, 3.63) is 111 Å². The third-order valence-electron chi connectivity index (χ3n) is 9.38. The van der Waals surface area contributed by atoms with Gasteiger partial charge in [0.2, 0.25) is 0 Å². The Labute approximate surface area is 307 Å². The number of H-pyrrole nitrogens is 1. The van der Waals surface area contributed by atoms with Crippen LogP contribution in [0.25, 0.3) is 0 Å². The lowest BCUT2D eigenvalue weighted by Crippen LogP contribution is -2.53. The van der Waals surface area contributed by atoms with E-state index in [1.807, 2.05) is 18.2 Å². The molecule has 4 heterocycles. The van der Waals surface area contributed by atoms with Crippen molar-refractivity contribution in [3.63, 3.8) is 0 Å². The molecule has 3 fully saturated rings. The quantitative estimate of drug-likeness (QED) is 0.141. The number of methoxy groups -OCH3 is 3. The number of esters is 1. The fourth-order valence-electron chi connectivity index (χ4n) is 6.54. The summed E-state index contributed by atoms with van der Waals surface area (Å²) in [6.07, 6.45) is 4.19. The minimum absolute atomic E-state index is 0. The van der Waals surface area contributed by atoms with Crippen molar-refractivity contribution in [2.45, 2.75) is 38.0 Å². The Kier molecular flexibility index (Phi) is 12.6. The van der Waals surface area contributed by atoms with Gasteiger partial charge in [-0.25, -0.2) is 14.6 Å². The molecule has 2 atom stereocenters. The Morgan fingerprint density at radius 2 is 1.61 bits per heavy atom. The summed E-state index contributed by atoms with van der Waals surface area (Å²) < 4.78 is 28.6. The normalized spacial score (nSPS) is 18.2. The highest BCUT2D eigenvalue weighted by molar-refractivity contribution is 6.35. The lowest BCUT2D eigenvalue weighted by Gasteiger charge is -2.44. The zero-order valence-corrected chi connectivity index (χ0v) is 30.2. The monoisotopic (exact) mass is 737 g/mol. The Balaban J connectivity index is 0.00000504. The number of pyridine rings is 1. The van der Waals surface area contributed by atoms with Crippen molar-refractivity contribution in [2.75, 3.05) is 45.9 Å². The number of aromatic amines is 1. The Morgan fingerprint density at radius 1 is 0.902 bits per heavy atom. The molecule has 2 bridgehead atoms. The molecule has 0 spiro atoms. The van der Waals surface area contributed by atoms with Crippen molar-refractivity contribution < 1.29 is 43.7 Å². The molecule has 3 aliphatic heterocycles. The van der Waals surface area contributed by atoms with E-state index in [4.69, 9.17) is 46.9 Å². The van der Waals surface area contributed by atoms with Crippen LogP contribution in [0, 0.1) is 5.92 Å². The van der Waals surface area contributed by atoms with Crippen molar-refractivity contribution in [3.8, 4) is 17.2 Å². The first kappa shape index (κ1) is 37.7. The number of anilines is 1. The van der Waals surface area contributed by atoms with Gasteiger partial charge in [0.05, 0.1) is 39.1 Å². The second-order valence-corrected chi connectivity index (χ2v) is 13.2. The van der Waals surface area contributed by atoms with Crippen LogP contribution in [0.2, 0.25) is 10.0 Å². The molecule has 13 heteroatoms. The number of piperidine rings is 3. The Bertz CT molecular complexity index is 1800. The number of nitrogens with zero attached hydrogens (tertiary/aromatic N) is 2. The van der Waals surface area contributed by atoms with Crippen LogP contribution in [0.15, 0.2) is 79.1 Å². The molecule has 1 aromatic heterocycles. The highest BCUT2D eigenvalue weighted by Gasteiger charge is 2.37. The number of carbonyl (C=O) groups excluding carboxylic acids is 2. The van der Waals surface area contributed by atoms with E-state index in [9.17, 15) is 9.59 Å². The van der Waals surface area contributed by atoms with E-state index in [0.29, 0.717) is 55.6 Å². The Hall–Kier alpha value is -4.55. The first-order valence-corrected chi connectivity index (χ1v) is 17.2. The van der Waals surface area contributed by atoms with E-state index in [1.165, 1.54) is 7.11 Å². The number of benzene rings is 3. The van der Waals surface area contributed by atoms with Crippen molar-refractivity contribution >= 4 is 41.0 Å². The number of carbonyl (C=O) groups is 2. The van der Waals surface area contributed by atoms with Crippen molar-refractivity contribution in [1.82, 2.24) is 4.90 Å².